The van der Waals surface area contributed by atoms with E-state index < -0.39 is 11.6 Å². The lowest BCUT2D eigenvalue weighted by Gasteiger charge is -2.18. The maximum absolute atomic E-state index is 13.6. The molecule has 1 aromatic carbocycles. The molecule has 1 unspecified atom stereocenters. The summed E-state index contributed by atoms with van der Waals surface area (Å²) in [5.41, 5.74) is 0.0505. The van der Waals surface area contributed by atoms with Crippen molar-refractivity contribution in [3.8, 4) is 0 Å². The smallest absolute Gasteiger partial charge is 0.228 e. The van der Waals surface area contributed by atoms with Gasteiger partial charge in [0.1, 0.15) is 5.82 Å². The van der Waals surface area contributed by atoms with E-state index in [2.05, 4.69) is 15.9 Å². The lowest BCUT2D eigenvalue weighted by Crippen LogP contribution is -2.26. The van der Waals surface area contributed by atoms with Gasteiger partial charge in [0, 0.05) is 23.5 Å². The van der Waals surface area contributed by atoms with Crippen LogP contribution in [0.2, 0.25) is 0 Å². The van der Waals surface area contributed by atoms with Crippen molar-refractivity contribution in [1.29, 1.82) is 0 Å². The minimum atomic E-state index is -0.772. The van der Waals surface area contributed by atoms with Crippen LogP contribution in [0.5, 0.6) is 0 Å². The molecular formula is C10H7BrClF2NO. The topological polar surface area (TPSA) is 20.3 Å². The summed E-state index contributed by atoms with van der Waals surface area (Å²) < 4.78 is 26.6. The van der Waals surface area contributed by atoms with E-state index in [-0.39, 0.29) is 34.4 Å². The molecule has 1 fully saturated rings. The van der Waals surface area contributed by atoms with Crippen molar-refractivity contribution >= 4 is 39.1 Å². The van der Waals surface area contributed by atoms with Gasteiger partial charge in [-0.15, -0.1) is 11.6 Å². The van der Waals surface area contributed by atoms with E-state index >= 15 is 0 Å². The third-order valence-electron chi connectivity index (χ3n) is 2.33. The summed E-state index contributed by atoms with van der Waals surface area (Å²) in [4.78, 5) is 12.8. The second-order valence-corrected chi connectivity index (χ2v) is 5.00. The van der Waals surface area contributed by atoms with Gasteiger partial charge in [0.2, 0.25) is 5.91 Å². The van der Waals surface area contributed by atoms with Gasteiger partial charge in [-0.1, -0.05) is 0 Å². The Labute approximate surface area is 104 Å². The molecule has 2 rings (SSSR count). The summed E-state index contributed by atoms with van der Waals surface area (Å²) in [6.45, 7) is 0.238. The molecule has 0 aliphatic carbocycles. The van der Waals surface area contributed by atoms with Gasteiger partial charge in [-0.2, -0.15) is 0 Å². The number of benzene rings is 1. The van der Waals surface area contributed by atoms with Crippen LogP contribution in [0.15, 0.2) is 16.6 Å². The van der Waals surface area contributed by atoms with E-state index in [0.29, 0.717) is 0 Å². The molecule has 0 spiro atoms. The number of carbonyl (C=O) groups is 1. The van der Waals surface area contributed by atoms with Gasteiger partial charge in [-0.25, -0.2) is 8.78 Å². The average Bonchev–Trinajstić information content (AvgIpc) is 2.43. The second-order valence-electron chi connectivity index (χ2n) is 3.52. The third kappa shape index (κ3) is 2.06. The van der Waals surface area contributed by atoms with Gasteiger partial charge in [0.15, 0.2) is 5.82 Å². The fourth-order valence-corrected chi connectivity index (χ4v) is 2.56. The molecule has 1 aliphatic heterocycles. The Hall–Kier alpha value is -0.680. The summed E-state index contributed by atoms with van der Waals surface area (Å²) in [6.07, 6.45) is 0.171. The number of anilines is 1. The molecule has 0 bridgehead atoms. The van der Waals surface area contributed by atoms with E-state index in [1.54, 1.807) is 0 Å². The maximum atomic E-state index is 13.6. The monoisotopic (exact) mass is 309 g/mol. The Morgan fingerprint density at radius 2 is 2.12 bits per heavy atom. The first-order valence-electron chi connectivity index (χ1n) is 4.58. The van der Waals surface area contributed by atoms with Crippen molar-refractivity contribution in [2.24, 2.45) is 0 Å². The average molecular weight is 311 g/mol. The summed E-state index contributed by atoms with van der Waals surface area (Å²) in [7, 11) is 0. The van der Waals surface area contributed by atoms with E-state index in [1.165, 1.54) is 4.90 Å². The fraction of sp³-hybridized carbons (Fsp3) is 0.300. The number of hydrogen-bond acceptors (Lipinski definition) is 1. The Morgan fingerprint density at radius 1 is 1.44 bits per heavy atom. The van der Waals surface area contributed by atoms with Gasteiger partial charge in [-0.3, -0.25) is 4.79 Å². The van der Waals surface area contributed by atoms with Crippen molar-refractivity contribution < 1.29 is 13.6 Å². The van der Waals surface area contributed by atoms with Crippen LogP contribution in [0.3, 0.4) is 0 Å². The molecule has 1 atom stereocenters. The molecule has 0 saturated carbocycles. The fourth-order valence-electron chi connectivity index (χ4n) is 1.67. The van der Waals surface area contributed by atoms with Gasteiger partial charge < -0.3 is 4.90 Å². The van der Waals surface area contributed by atoms with Crippen LogP contribution in [-0.2, 0) is 4.79 Å². The zero-order valence-corrected chi connectivity index (χ0v) is 10.4. The van der Waals surface area contributed by atoms with Gasteiger partial charge in [-0.05, 0) is 22.0 Å². The van der Waals surface area contributed by atoms with Crippen molar-refractivity contribution in [3.05, 3.63) is 28.2 Å². The predicted octanol–water partition coefficient (Wildman–Crippen LogP) is 3.07. The summed E-state index contributed by atoms with van der Waals surface area (Å²) in [5, 5.41) is -0.330. The summed E-state index contributed by atoms with van der Waals surface area (Å²) in [6, 6.07) is 1.86. The number of carbonyl (C=O) groups excluding carboxylic acids is 1. The normalized spacial score (nSPS) is 20.6. The zero-order valence-electron chi connectivity index (χ0n) is 8.01. The molecular weight excluding hydrogens is 303 g/mol. The Bertz CT molecular complexity index is 431. The summed E-state index contributed by atoms with van der Waals surface area (Å²) >= 11 is 8.85. The lowest BCUT2D eigenvalue weighted by molar-refractivity contribution is -0.117. The largest absolute Gasteiger partial charge is 0.307 e. The molecule has 1 heterocycles. The van der Waals surface area contributed by atoms with Crippen LogP contribution < -0.4 is 4.90 Å². The molecule has 0 N–H and O–H groups in total. The maximum Gasteiger partial charge on any atom is 0.228 e. The lowest BCUT2D eigenvalue weighted by atomic mass is 10.2. The van der Waals surface area contributed by atoms with Crippen LogP contribution in [0, 0.1) is 11.6 Å². The predicted molar refractivity (Wildman–Crippen MR) is 60.7 cm³/mol. The minimum Gasteiger partial charge on any atom is -0.307 e. The molecule has 1 aliphatic rings. The molecule has 1 amide bonds. The second kappa shape index (κ2) is 4.30. The van der Waals surface area contributed by atoms with Crippen molar-refractivity contribution in [2.45, 2.75) is 11.8 Å². The third-order valence-corrected chi connectivity index (χ3v) is 3.23. The first-order valence-corrected chi connectivity index (χ1v) is 5.81. The molecule has 86 valence electrons. The minimum absolute atomic E-state index is 0.0505. The van der Waals surface area contributed by atoms with E-state index in [4.69, 9.17) is 11.6 Å². The molecule has 16 heavy (non-hydrogen) atoms. The number of halogens is 4. The van der Waals surface area contributed by atoms with Crippen molar-refractivity contribution in [3.63, 3.8) is 0 Å². The molecule has 2 nitrogen and oxygen atoms in total. The number of alkyl halides is 1. The van der Waals surface area contributed by atoms with Gasteiger partial charge in [0.25, 0.3) is 0 Å². The zero-order chi connectivity index (χ0) is 11.9. The molecule has 0 aromatic heterocycles. The first-order chi connectivity index (χ1) is 7.49. The molecule has 0 radical (unpaired) electrons. The van der Waals surface area contributed by atoms with E-state index in [1.807, 2.05) is 0 Å². The van der Waals surface area contributed by atoms with Crippen LogP contribution in [0.1, 0.15) is 6.42 Å². The van der Waals surface area contributed by atoms with E-state index in [0.717, 1.165) is 12.1 Å². The highest BCUT2D eigenvalue weighted by Gasteiger charge is 2.32. The van der Waals surface area contributed by atoms with Crippen molar-refractivity contribution in [2.75, 3.05) is 11.4 Å². The Balaban J connectivity index is 2.44. The van der Waals surface area contributed by atoms with Gasteiger partial charge >= 0.3 is 0 Å². The number of hydrogen-bond donors (Lipinski definition) is 0. The molecule has 6 heteroatoms. The highest BCUT2D eigenvalue weighted by atomic mass is 79.9. The van der Waals surface area contributed by atoms with E-state index in [9.17, 15) is 13.6 Å². The summed E-state index contributed by atoms with van der Waals surface area (Å²) in [5.74, 6) is -1.72. The van der Waals surface area contributed by atoms with Crippen LogP contribution in [0.25, 0.3) is 0 Å². The van der Waals surface area contributed by atoms with Crippen LogP contribution in [0.4, 0.5) is 14.5 Å². The van der Waals surface area contributed by atoms with Crippen LogP contribution in [-0.4, -0.2) is 17.8 Å². The van der Waals surface area contributed by atoms with Crippen molar-refractivity contribution in [1.82, 2.24) is 0 Å². The molecule has 1 aromatic rings. The Morgan fingerprint density at radius 3 is 2.62 bits per heavy atom. The number of amides is 1. The van der Waals surface area contributed by atoms with Crippen LogP contribution >= 0.6 is 27.5 Å². The molecule has 1 saturated heterocycles. The standard InChI is InChI=1S/C10H7BrClF2NO/c11-7-2-6(13)3-8(14)10(7)15-4-5(12)1-9(15)16/h2-3,5H,1,4H2. The SMILES string of the molecule is O=C1CC(Cl)CN1c1c(F)cc(F)cc1Br. The highest BCUT2D eigenvalue weighted by Crippen LogP contribution is 2.34. The number of rotatable bonds is 1. The number of nitrogens with zero attached hydrogens (tertiary/aromatic N) is 1. The van der Waals surface area contributed by atoms with Gasteiger partial charge in [0.05, 0.1) is 11.1 Å². The first kappa shape index (κ1) is 11.8. The quantitative estimate of drug-likeness (QED) is 0.730. The highest BCUT2D eigenvalue weighted by molar-refractivity contribution is 9.10. The Kier molecular flexibility index (Phi) is 3.17.